The Bertz CT molecular complexity index is 1630. The molecule has 10 nitrogen and oxygen atoms in total. The third kappa shape index (κ3) is 7.90. The fourth-order valence-corrected chi connectivity index (χ4v) is 7.57. The van der Waals surface area contributed by atoms with Crippen LogP contribution in [0.15, 0.2) is 18.4 Å². The Kier molecular flexibility index (Phi) is 12.9. The van der Waals surface area contributed by atoms with Gasteiger partial charge in [-0.05, 0) is 40.0 Å². The van der Waals surface area contributed by atoms with Crippen molar-refractivity contribution in [3.63, 3.8) is 0 Å². The van der Waals surface area contributed by atoms with Crippen LogP contribution in [0.25, 0.3) is 0 Å². The highest BCUT2D eigenvalue weighted by molar-refractivity contribution is 5.70. The molecule has 3 rings (SSSR count). The fraction of sp³-hybridized carbons (Fsp3) is 0.692. The third-order valence-corrected chi connectivity index (χ3v) is 10.6. The number of rotatable bonds is 12. The summed E-state index contributed by atoms with van der Waals surface area (Å²) in [5.74, 6) is -4.12. The van der Waals surface area contributed by atoms with Crippen LogP contribution in [-0.4, -0.2) is 41.1 Å². The summed E-state index contributed by atoms with van der Waals surface area (Å²) in [4.78, 5) is 52.0. The third-order valence-electron chi connectivity index (χ3n) is 10.6. The normalized spacial score (nSPS) is 25.1. The summed E-state index contributed by atoms with van der Waals surface area (Å²) in [7, 11) is 0. The van der Waals surface area contributed by atoms with E-state index in [1.807, 2.05) is 48.5 Å². The fourth-order valence-electron chi connectivity index (χ4n) is 7.57. The molecule has 1 aliphatic heterocycles. The Morgan fingerprint density at radius 2 is 1.41 bits per heavy atom. The Balaban J connectivity index is 2.22. The molecule has 2 aromatic heterocycles. The summed E-state index contributed by atoms with van der Waals surface area (Å²) in [6, 6.07) is 0. The average Bonchev–Trinajstić information content (AvgIpc) is 3.04. The standard InChI is InChI=1S/C39H58O10/c1-15-29-19(5)32(42)23(9)37(46-29)26(12)39(44)27(13)38(47-31(41)17-18(3)4)25(11)36(49-39)24(10)35-22(8)33(43)21(7)34(48-35)20(6)30(16-2)45-28(14)40/h18,20,24-27,30,36,38,44H,15-17H2,1-14H3/t20-,24-,25+,26-,27-,30+,36-,38-,39+/m0/s1. The maximum absolute atomic E-state index is 13.7. The van der Waals surface area contributed by atoms with E-state index >= 15 is 0 Å². The molecule has 0 saturated carbocycles. The predicted molar refractivity (Wildman–Crippen MR) is 187 cm³/mol. The van der Waals surface area contributed by atoms with Gasteiger partial charge in [-0.2, -0.15) is 0 Å². The first kappa shape index (κ1) is 40.2. The first-order valence-electron chi connectivity index (χ1n) is 17.8. The highest BCUT2D eigenvalue weighted by Crippen LogP contribution is 2.49. The largest absolute Gasteiger partial charge is 0.465 e. The van der Waals surface area contributed by atoms with Crippen molar-refractivity contribution in [3.05, 3.63) is 65.7 Å². The lowest BCUT2D eigenvalue weighted by molar-refractivity contribution is -0.331. The second-order valence-electron chi connectivity index (χ2n) is 14.6. The van der Waals surface area contributed by atoms with Gasteiger partial charge in [0.2, 0.25) is 0 Å². The van der Waals surface area contributed by atoms with Crippen molar-refractivity contribution < 1.29 is 37.7 Å². The van der Waals surface area contributed by atoms with Crippen LogP contribution in [0.5, 0.6) is 0 Å². The molecule has 9 atom stereocenters. The van der Waals surface area contributed by atoms with Crippen LogP contribution in [0.1, 0.15) is 145 Å². The molecular formula is C39H58O10. The van der Waals surface area contributed by atoms with Gasteiger partial charge in [0.05, 0.1) is 17.9 Å². The average molecular weight is 687 g/mol. The number of aliphatic hydroxyl groups is 1. The second-order valence-corrected chi connectivity index (χ2v) is 14.6. The number of esters is 2. The predicted octanol–water partition coefficient (Wildman–Crippen LogP) is 7.06. The van der Waals surface area contributed by atoms with Crippen LogP contribution in [0.3, 0.4) is 0 Å². The first-order chi connectivity index (χ1) is 22.7. The van der Waals surface area contributed by atoms with E-state index in [9.17, 15) is 24.3 Å². The molecule has 1 N–H and O–H groups in total. The highest BCUT2D eigenvalue weighted by Gasteiger charge is 2.57. The van der Waals surface area contributed by atoms with E-state index in [0.717, 1.165) is 0 Å². The number of carbonyl (C=O) groups is 2. The summed E-state index contributed by atoms with van der Waals surface area (Å²) in [6.45, 7) is 25.0. The molecule has 1 aliphatic rings. The zero-order chi connectivity index (χ0) is 37.3. The quantitative estimate of drug-likeness (QED) is 0.231. The van der Waals surface area contributed by atoms with Gasteiger partial charge >= 0.3 is 11.9 Å². The molecule has 274 valence electrons. The molecule has 1 saturated heterocycles. The van der Waals surface area contributed by atoms with Gasteiger partial charge in [0, 0.05) is 59.8 Å². The van der Waals surface area contributed by atoms with Crippen molar-refractivity contribution in [2.45, 2.75) is 158 Å². The number of hydrogen-bond donors (Lipinski definition) is 1. The number of carbonyl (C=O) groups excluding carboxylic acids is 2. The van der Waals surface area contributed by atoms with E-state index in [2.05, 4.69) is 0 Å². The van der Waals surface area contributed by atoms with Gasteiger partial charge in [-0.3, -0.25) is 19.2 Å². The van der Waals surface area contributed by atoms with Gasteiger partial charge in [0.15, 0.2) is 16.6 Å². The molecule has 0 aromatic carbocycles. The molecule has 0 amide bonds. The maximum Gasteiger partial charge on any atom is 0.306 e. The van der Waals surface area contributed by atoms with Crippen molar-refractivity contribution in [3.8, 4) is 0 Å². The van der Waals surface area contributed by atoms with Gasteiger partial charge in [0.1, 0.15) is 35.2 Å². The summed E-state index contributed by atoms with van der Waals surface area (Å²) < 4.78 is 31.3. The van der Waals surface area contributed by atoms with E-state index in [4.69, 9.17) is 23.0 Å². The molecule has 2 aromatic rings. The van der Waals surface area contributed by atoms with Crippen molar-refractivity contribution in [2.75, 3.05) is 0 Å². The first-order valence-corrected chi connectivity index (χ1v) is 17.8. The van der Waals surface area contributed by atoms with E-state index in [0.29, 0.717) is 58.1 Å². The SMILES string of the molecule is CCc1oc([C@H](C)[C@@]2(O)O[C@@H]([C@@H](C)c3oc([C@@H](C)[C@@H](CC)OC(C)=O)c(C)c(=O)c3C)[C@@H](C)[C@H](OC(=O)CC(C)C)[C@@H]2C)c(C)c(=O)c1C. The molecule has 10 heteroatoms. The molecule has 0 unspecified atom stereocenters. The van der Waals surface area contributed by atoms with Gasteiger partial charge in [-0.15, -0.1) is 0 Å². The molecule has 0 bridgehead atoms. The Morgan fingerprint density at radius 3 is 1.94 bits per heavy atom. The van der Waals surface area contributed by atoms with Crippen LogP contribution in [-0.2, 0) is 30.2 Å². The molecule has 3 heterocycles. The minimum atomic E-state index is -1.95. The summed E-state index contributed by atoms with van der Waals surface area (Å²) in [5, 5.41) is 12.6. The molecule has 1 fully saturated rings. The van der Waals surface area contributed by atoms with Crippen LogP contribution >= 0.6 is 0 Å². The Labute approximate surface area is 290 Å². The second kappa shape index (κ2) is 15.8. The lowest BCUT2D eigenvalue weighted by atomic mass is 9.72. The van der Waals surface area contributed by atoms with Crippen molar-refractivity contribution >= 4 is 11.9 Å². The van der Waals surface area contributed by atoms with E-state index < -0.39 is 65.6 Å². The van der Waals surface area contributed by atoms with Crippen LogP contribution < -0.4 is 10.9 Å². The van der Waals surface area contributed by atoms with E-state index in [1.165, 1.54) is 6.92 Å². The lowest BCUT2D eigenvalue weighted by Crippen LogP contribution is -2.61. The maximum atomic E-state index is 13.7. The zero-order valence-electron chi connectivity index (χ0n) is 31.9. The minimum Gasteiger partial charge on any atom is -0.465 e. The minimum absolute atomic E-state index is 0.0613. The Morgan fingerprint density at radius 1 is 0.857 bits per heavy atom. The van der Waals surface area contributed by atoms with Crippen molar-refractivity contribution in [1.29, 1.82) is 0 Å². The molecule has 0 spiro atoms. The van der Waals surface area contributed by atoms with Crippen LogP contribution in [0, 0.1) is 45.4 Å². The number of aryl methyl sites for hydroxylation is 1. The molecule has 0 radical (unpaired) electrons. The van der Waals surface area contributed by atoms with Gasteiger partial charge in [0.25, 0.3) is 0 Å². The van der Waals surface area contributed by atoms with Gasteiger partial charge in [-0.1, -0.05) is 62.3 Å². The lowest BCUT2D eigenvalue weighted by Gasteiger charge is -2.52. The van der Waals surface area contributed by atoms with Crippen molar-refractivity contribution in [2.24, 2.45) is 17.8 Å². The van der Waals surface area contributed by atoms with E-state index in [1.54, 1.807) is 41.5 Å². The molecule has 0 aliphatic carbocycles. The van der Waals surface area contributed by atoms with Crippen molar-refractivity contribution in [1.82, 2.24) is 0 Å². The van der Waals surface area contributed by atoms with E-state index in [-0.39, 0.29) is 23.2 Å². The Hall–Kier alpha value is -3.24. The zero-order valence-corrected chi connectivity index (χ0v) is 31.9. The topological polar surface area (TPSA) is 142 Å². The van der Waals surface area contributed by atoms with Crippen LogP contribution in [0.4, 0.5) is 0 Å². The smallest absolute Gasteiger partial charge is 0.306 e. The van der Waals surface area contributed by atoms with Gasteiger partial charge < -0.3 is 28.2 Å². The number of ether oxygens (including phenoxy) is 3. The highest BCUT2D eigenvalue weighted by atomic mass is 16.6. The van der Waals surface area contributed by atoms with Crippen LogP contribution in [0.2, 0.25) is 0 Å². The molecule has 49 heavy (non-hydrogen) atoms. The number of hydrogen-bond acceptors (Lipinski definition) is 10. The van der Waals surface area contributed by atoms with Gasteiger partial charge in [-0.25, -0.2) is 0 Å². The summed E-state index contributed by atoms with van der Waals surface area (Å²) >= 11 is 0. The monoisotopic (exact) mass is 686 g/mol. The summed E-state index contributed by atoms with van der Waals surface area (Å²) in [5.41, 5.74) is 1.37. The summed E-state index contributed by atoms with van der Waals surface area (Å²) in [6.07, 6.45) is -0.881. The molecular weight excluding hydrogens is 628 g/mol.